The SMILES string of the molecule is COc1cccc([C@H]2O[C@H](CCOS(C)(=O)=O)c3nnc(C(F)(F)F)n3C3=CC=C(Cl)C(C)C32)c1C. The van der Waals surface area contributed by atoms with Crippen molar-refractivity contribution in [3.63, 3.8) is 0 Å². The lowest BCUT2D eigenvalue weighted by Gasteiger charge is -2.35. The minimum absolute atomic E-state index is 0.0852. The molecule has 0 saturated carbocycles. The van der Waals surface area contributed by atoms with Crippen molar-refractivity contribution in [2.24, 2.45) is 11.8 Å². The van der Waals surface area contributed by atoms with Crippen LogP contribution in [-0.4, -0.2) is 43.2 Å². The number of hydrogen-bond donors (Lipinski definition) is 0. The Labute approximate surface area is 211 Å². The van der Waals surface area contributed by atoms with Crippen molar-refractivity contribution in [2.75, 3.05) is 20.0 Å². The molecule has 13 heteroatoms. The van der Waals surface area contributed by atoms with Gasteiger partial charge in [-0.05, 0) is 36.3 Å². The van der Waals surface area contributed by atoms with E-state index in [9.17, 15) is 21.6 Å². The van der Waals surface area contributed by atoms with E-state index in [4.69, 9.17) is 25.3 Å². The van der Waals surface area contributed by atoms with E-state index in [0.717, 1.165) is 16.4 Å². The zero-order valence-corrected chi connectivity index (χ0v) is 21.5. The molecule has 36 heavy (non-hydrogen) atoms. The van der Waals surface area contributed by atoms with Gasteiger partial charge in [-0.25, -0.2) is 0 Å². The minimum Gasteiger partial charge on any atom is -0.496 e. The lowest BCUT2D eigenvalue weighted by molar-refractivity contribution is -0.146. The summed E-state index contributed by atoms with van der Waals surface area (Å²) in [5, 5.41) is 7.73. The highest BCUT2D eigenvalue weighted by molar-refractivity contribution is 7.85. The Balaban J connectivity index is 1.92. The maximum atomic E-state index is 14.0. The smallest absolute Gasteiger partial charge is 0.452 e. The van der Waals surface area contributed by atoms with Crippen molar-refractivity contribution in [3.05, 3.63) is 58.2 Å². The molecule has 0 bridgehead atoms. The summed E-state index contributed by atoms with van der Waals surface area (Å²) >= 11 is 6.48. The van der Waals surface area contributed by atoms with E-state index in [1.54, 1.807) is 18.2 Å². The van der Waals surface area contributed by atoms with E-state index in [0.29, 0.717) is 16.3 Å². The van der Waals surface area contributed by atoms with Gasteiger partial charge in [0.05, 0.1) is 26.1 Å². The van der Waals surface area contributed by atoms with Crippen LogP contribution in [0.4, 0.5) is 13.2 Å². The highest BCUT2D eigenvalue weighted by Gasteiger charge is 2.48. The first-order chi connectivity index (χ1) is 16.8. The number of nitrogens with zero attached hydrogens (tertiary/aromatic N) is 3. The van der Waals surface area contributed by atoms with Crippen LogP contribution in [-0.2, 0) is 25.2 Å². The Bertz CT molecular complexity index is 1320. The van der Waals surface area contributed by atoms with Gasteiger partial charge in [0.2, 0.25) is 5.82 Å². The molecular formula is C23H25ClF3N3O5S. The third kappa shape index (κ3) is 5.04. The zero-order chi connectivity index (χ0) is 26.4. The van der Waals surface area contributed by atoms with Crippen LogP contribution in [0.5, 0.6) is 5.75 Å². The second-order valence-electron chi connectivity index (χ2n) is 8.71. The summed E-state index contributed by atoms with van der Waals surface area (Å²) in [4.78, 5) is 0. The van der Waals surface area contributed by atoms with Gasteiger partial charge < -0.3 is 9.47 Å². The quantitative estimate of drug-likeness (QED) is 0.469. The molecule has 2 unspecified atom stereocenters. The van der Waals surface area contributed by atoms with Gasteiger partial charge in [-0.15, -0.1) is 10.2 Å². The normalized spacial score (nSPS) is 24.3. The molecule has 0 saturated heterocycles. The largest absolute Gasteiger partial charge is 0.496 e. The summed E-state index contributed by atoms with van der Waals surface area (Å²) in [5.74, 6) is -1.77. The molecule has 0 amide bonds. The van der Waals surface area contributed by atoms with Gasteiger partial charge >= 0.3 is 6.18 Å². The molecule has 0 N–H and O–H groups in total. The number of fused-ring (bicyclic) bond motifs is 3. The van der Waals surface area contributed by atoms with E-state index in [1.807, 2.05) is 19.9 Å². The molecule has 4 rings (SSSR count). The van der Waals surface area contributed by atoms with E-state index >= 15 is 0 Å². The second kappa shape index (κ2) is 9.81. The average Bonchev–Trinajstić information content (AvgIpc) is 3.18. The first kappa shape index (κ1) is 26.6. The Morgan fingerprint density at radius 3 is 2.58 bits per heavy atom. The van der Waals surface area contributed by atoms with Crippen molar-refractivity contribution in [1.82, 2.24) is 14.8 Å². The molecule has 196 valence electrons. The molecule has 1 aliphatic carbocycles. The molecule has 0 spiro atoms. The van der Waals surface area contributed by atoms with Crippen molar-refractivity contribution in [3.8, 4) is 5.75 Å². The number of benzene rings is 1. The highest BCUT2D eigenvalue weighted by atomic mass is 35.5. The second-order valence-corrected chi connectivity index (χ2v) is 10.8. The predicted molar refractivity (Wildman–Crippen MR) is 126 cm³/mol. The average molecular weight is 548 g/mol. The molecule has 1 aromatic heterocycles. The molecular weight excluding hydrogens is 523 g/mol. The number of rotatable bonds is 6. The maximum absolute atomic E-state index is 14.0. The van der Waals surface area contributed by atoms with Gasteiger partial charge in [-0.1, -0.05) is 30.7 Å². The standard InChI is InChI=1S/C23H25ClF3N3O5S/c1-12-14(6-5-7-17(12)33-3)20-19-13(2)15(24)8-9-16(19)30-21(28-29-22(30)23(25,26)27)18(35-20)10-11-34-36(4,31)32/h5-9,13,18-20H,10-11H2,1-4H3/t13?,18-,19?,20-/m1/s1. The zero-order valence-electron chi connectivity index (χ0n) is 19.9. The van der Waals surface area contributed by atoms with Gasteiger partial charge in [-0.3, -0.25) is 8.75 Å². The Morgan fingerprint density at radius 2 is 1.94 bits per heavy atom. The predicted octanol–water partition coefficient (Wildman–Crippen LogP) is 5.02. The molecule has 1 aliphatic heterocycles. The monoisotopic (exact) mass is 547 g/mol. The fourth-order valence-electron chi connectivity index (χ4n) is 4.69. The molecule has 2 aromatic rings. The van der Waals surface area contributed by atoms with Crippen molar-refractivity contribution in [2.45, 2.75) is 38.7 Å². The minimum atomic E-state index is -4.80. The summed E-state index contributed by atoms with van der Waals surface area (Å²) in [6.07, 6.45) is -2.75. The lowest BCUT2D eigenvalue weighted by atomic mass is 9.79. The van der Waals surface area contributed by atoms with Crippen molar-refractivity contribution < 1.29 is 35.2 Å². The van der Waals surface area contributed by atoms with Crippen LogP contribution in [0.25, 0.3) is 5.70 Å². The summed E-state index contributed by atoms with van der Waals surface area (Å²) in [7, 11) is -2.26. The number of allylic oxidation sites excluding steroid dienone is 3. The van der Waals surface area contributed by atoms with E-state index in [2.05, 4.69) is 10.2 Å². The van der Waals surface area contributed by atoms with Gasteiger partial charge in [0.1, 0.15) is 11.9 Å². The summed E-state index contributed by atoms with van der Waals surface area (Å²) in [5.41, 5.74) is 1.73. The van der Waals surface area contributed by atoms with Gasteiger partial charge in [0.25, 0.3) is 10.1 Å². The fraction of sp³-hybridized carbons (Fsp3) is 0.478. The van der Waals surface area contributed by atoms with E-state index in [1.165, 1.54) is 13.2 Å². The molecule has 0 fully saturated rings. The number of aromatic nitrogens is 3. The van der Waals surface area contributed by atoms with Crippen molar-refractivity contribution >= 4 is 27.4 Å². The molecule has 1 aromatic carbocycles. The summed E-state index contributed by atoms with van der Waals surface area (Å²) < 4.78 is 82.9. The number of ether oxygens (including phenoxy) is 2. The Morgan fingerprint density at radius 1 is 1.22 bits per heavy atom. The summed E-state index contributed by atoms with van der Waals surface area (Å²) in [6.45, 7) is 3.33. The molecule has 2 aliphatic rings. The van der Waals surface area contributed by atoms with Crippen LogP contribution in [0.2, 0.25) is 0 Å². The van der Waals surface area contributed by atoms with Gasteiger partial charge in [0.15, 0.2) is 5.82 Å². The molecule has 2 heterocycles. The van der Waals surface area contributed by atoms with E-state index in [-0.39, 0.29) is 24.5 Å². The third-order valence-electron chi connectivity index (χ3n) is 6.38. The molecule has 0 radical (unpaired) electrons. The Hall–Kier alpha value is -2.41. The van der Waals surface area contributed by atoms with Crippen LogP contribution in [0.15, 0.2) is 35.4 Å². The number of alkyl halides is 3. The number of hydrogen-bond acceptors (Lipinski definition) is 7. The summed E-state index contributed by atoms with van der Waals surface area (Å²) in [6, 6.07) is 5.37. The first-order valence-electron chi connectivity index (χ1n) is 11.1. The topological polar surface area (TPSA) is 92.5 Å². The van der Waals surface area contributed by atoms with Gasteiger partial charge in [-0.2, -0.15) is 21.6 Å². The van der Waals surface area contributed by atoms with Crippen molar-refractivity contribution in [1.29, 1.82) is 0 Å². The maximum Gasteiger partial charge on any atom is 0.452 e. The van der Waals surface area contributed by atoms with Crippen LogP contribution in [0.1, 0.15) is 48.3 Å². The van der Waals surface area contributed by atoms with E-state index < -0.39 is 46.2 Å². The van der Waals surface area contributed by atoms with Crippen LogP contribution >= 0.6 is 11.6 Å². The fourth-order valence-corrected chi connectivity index (χ4v) is 5.29. The number of methoxy groups -OCH3 is 1. The van der Waals surface area contributed by atoms with Crippen LogP contribution < -0.4 is 4.74 Å². The van der Waals surface area contributed by atoms with Crippen LogP contribution in [0, 0.1) is 18.8 Å². The number of halogens is 4. The lowest BCUT2D eigenvalue weighted by Crippen LogP contribution is -2.28. The van der Waals surface area contributed by atoms with Gasteiger partial charge in [0, 0.05) is 29.0 Å². The molecule has 4 atom stereocenters. The molecule has 8 nitrogen and oxygen atoms in total. The Kier molecular flexibility index (Phi) is 7.26. The first-order valence-corrected chi connectivity index (χ1v) is 13.3. The highest BCUT2D eigenvalue weighted by Crippen LogP contribution is 2.52. The third-order valence-corrected chi connectivity index (χ3v) is 7.45. The van der Waals surface area contributed by atoms with Crippen LogP contribution in [0.3, 0.4) is 0 Å².